The molecule has 2 N–H and O–H groups in total. The molecule has 0 aliphatic heterocycles. The van der Waals surface area contributed by atoms with E-state index < -0.39 is 0 Å². The maximum atomic E-state index is 7.50. The molecule has 2 rings (SSSR count). The van der Waals surface area contributed by atoms with E-state index in [0.29, 0.717) is 0 Å². The quantitative estimate of drug-likeness (QED) is 0.351. The molecule has 0 saturated heterocycles. The van der Waals surface area contributed by atoms with Gasteiger partial charge in [-0.3, -0.25) is 0 Å². The third-order valence-corrected chi connectivity index (χ3v) is 1.94. The van der Waals surface area contributed by atoms with Gasteiger partial charge in [0.2, 0.25) is 0 Å². The van der Waals surface area contributed by atoms with E-state index in [9.17, 15) is 0 Å². The molecule has 5 heteroatoms. The molecule has 1 aliphatic carbocycles. The molecular weight excluding hydrogens is 402 g/mol. The normalized spacial score (nSPS) is 11.7. The Morgan fingerprint density at radius 2 is 1.44 bits per heavy atom. The summed E-state index contributed by atoms with van der Waals surface area (Å²) >= 11 is 0. The van der Waals surface area contributed by atoms with E-state index in [1.807, 2.05) is 0 Å². The van der Waals surface area contributed by atoms with Crippen molar-refractivity contribution < 1.29 is 35.6 Å². The van der Waals surface area contributed by atoms with Crippen LogP contribution in [0.3, 0.4) is 0 Å². The average molecular weight is 415 g/mol. The second-order valence-corrected chi connectivity index (χ2v) is 2.92. The van der Waals surface area contributed by atoms with Crippen LogP contribution in [0.4, 0.5) is 0 Å². The predicted molar refractivity (Wildman–Crippen MR) is 59.4 cm³/mol. The van der Waals surface area contributed by atoms with Crippen LogP contribution >= 0.6 is 0 Å². The van der Waals surface area contributed by atoms with E-state index >= 15 is 0 Å². The van der Waals surface area contributed by atoms with Crippen LogP contribution in [0.25, 0.3) is 0 Å². The van der Waals surface area contributed by atoms with Gasteiger partial charge in [0.1, 0.15) is 5.71 Å². The first kappa shape index (κ1) is 22.2. The Bertz CT molecular complexity index is 273. The van der Waals surface area contributed by atoms with Crippen molar-refractivity contribution in [3.63, 3.8) is 0 Å². The second kappa shape index (κ2) is 21.3. The van der Waals surface area contributed by atoms with Crippen LogP contribution in [0.5, 0.6) is 0 Å². The van der Waals surface area contributed by atoms with Crippen LogP contribution in [-0.2, 0) is 30.4 Å². The molecule has 0 heterocycles. The van der Waals surface area contributed by atoms with Crippen LogP contribution < -0.4 is 0 Å². The summed E-state index contributed by atoms with van der Waals surface area (Å²) in [5, 5.41) is 10.1. The molecule has 0 aromatic heterocycles. The van der Waals surface area contributed by atoms with Crippen molar-refractivity contribution in [3.05, 3.63) is 43.6 Å². The summed E-state index contributed by atoms with van der Waals surface area (Å²) < 4.78 is 15.0. The first-order valence-electron chi connectivity index (χ1n) is 4.89. The van der Waals surface area contributed by atoms with E-state index in [1.165, 1.54) is 19.3 Å². The summed E-state index contributed by atoms with van der Waals surface area (Å²) in [6.07, 6.45) is 5.97. The fourth-order valence-electron chi connectivity index (χ4n) is 1.25. The molecule has 1 aromatic rings. The number of nitrogens with zero attached hydrogens (tertiary/aromatic N) is 1. The van der Waals surface area contributed by atoms with Crippen molar-refractivity contribution in [3.8, 4) is 0 Å². The Morgan fingerprint density at radius 3 is 1.67 bits per heavy atom. The van der Waals surface area contributed by atoms with Crippen molar-refractivity contribution in [2.24, 2.45) is 5.16 Å². The third-order valence-electron chi connectivity index (χ3n) is 1.94. The third kappa shape index (κ3) is 15.0. The summed E-state index contributed by atoms with van der Waals surface area (Å²) in [7, 11) is 0. The minimum Gasteiger partial charge on any atom is -0.999 e. The van der Waals surface area contributed by atoms with Crippen LogP contribution in [0.1, 0.15) is 32.1 Å². The molecule has 1 aliphatic rings. The van der Waals surface area contributed by atoms with Gasteiger partial charge in [-0.05, 0) is 25.7 Å². The molecule has 1 fully saturated rings. The molecule has 4 nitrogen and oxygen atoms in total. The fraction of sp³-hybridized carbons (Fsp3) is 0.385. The maximum Gasteiger partial charge on any atom is 2.00 e. The summed E-state index contributed by atoms with van der Waals surface area (Å²) in [5.41, 5.74) is 1.09. The van der Waals surface area contributed by atoms with E-state index in [0.717, 1.165) is 18.6 Å². The summed E-state index contributed by atoms with van der Waals surface area (Å²) in [6, 6.07) is 12.0. The molecule has 0 bridgehead atoms. The van der Waals surface area contributed by atoms with Gasteiger partial charge in [0.25, 0.3) is 0 Å². The van der Waals surface area contributed by atoms with Crippen molar-refractivity contribution in [1.29, 1.82) is 0 Å². The summed E-state index contributed by atoms with van der Waals surface area (Å²) in [5.74, 6) is 0. The SMILES string of the molecule is [C-]#[O+].[C-]#[O+].[OH2+]N=C1CCCCC1.[W+2].[c-]1[c-][c-][cH-][c-]1. The number of rotatable bonds is 0. The van der Waals surface area contributed by atoms with Gasteiger partial charge in [0.15, 0.2) is 0 Å². The van der Waals surface area contributed by atoms with Crippen LogP contribution in [-0.4, -0.2) is 10.9 Å². The van der Waals surface area contributed by atoms with Crippen molar-refractivity contribution in [2.75, 3.05) is 0 Å². The summed E-state index contributed by atoms with van der Waals surface area (Å²) in [6.45, 7) is 9.00. The molecule has 0 radical (unpaired) electrons. The molecular formula is C13H13NO3W-2. The maximum absolute atomic E-state index is 7.50. The predicted octanol–water partition coefficient (Wildman–Crippen LogP) is 1.56. The average Bonchev–Trinajstić information content (AvgIpc) is 3.03. The fourth-order valence-corrected chi connectivity index (χ4v) is 1.25. The zero-order valence-electron chi connectivity index (χ0n) is 9.78. The van der Waals surface area contributed by atoms with Gasteiger partial charge in [0.05, 0.1) is 0 Å². The molecule has 0 unspecified atom stereocenters. The van der Waals surface area contributed by atoms with Crippen LogP contribution in [0, 0.1) is 37.6 Å². The van der Waals surface area contributed by atoms with Crippen LogP contribution in [0.2, 0.25) is 0 Å². The number of hydrogen-bond donors (Lipinski definition) is 0. The van der Waals surface area contributed by atoms with Gasteiger partial charge in [-0.15, -0.1) is 0 Å². The van der Waals surface area contributed by atoms with Gasteiger partial charge in [-0.2, -0.15) is 0 Å². The van der Waals surface area contributed by atoms with Gasteiger partial charge in [-0.25, -0.2) is 0 Å². The van der Waals surface area contributed by atoms with Gasteiger partial charge in [0, 0.05) is 5.16 Å². The van der Waals surface area contributed by atoms with Gasteiger partial charge < -0.3 is 35.5 Å². The minimum atomic E-state index is 0. The largest absolute Gasteiger partial charge is 2.00 e. The first-order valence-corrected chi connectivity index (χ1v) is 4.89. The van der Waals surface area contributed by atoms with E-state index in [4.69, 9.17) is 14.5 Å². The molecule has 18 heavy (non-hydrogen) atoms. The Kier molecular flexibility index (Phi) is 26.3. The second-order valence-electron chi connectivity index (χ2n) is 2.92. The minimum absolute atomic E-state index is 0. The molecule has 1 aromatic carbocycles. The first-order chi connectivity index (χ1) is 8.43. The Balaban J connectivity index is -0.000000196. The smallest absolute Gasteiger partial charge is 0.999 e. The standard InChI is InChI=1S/C6H11NO.C5H.2CO.W/c8-7-6-4-2-1-3-5-6;1-2-4-5-3-1;2*1-2;/h8H,1-5H2;1H;;;/q;-5;;;+2/p+1. The zero-order valence-corrected chi connectivity index (χ0v) is 12.7. The van der Waals surface area contributed by atoms with Crippen LogP contribution in [0.15, 0.2) is 11.2 Å². The van der Waals surface area contributed by atoms with Crippen molar-refractivity contribution >= 4 is 5.71 Å². The molecule has 0 amide bonds. The Hall–Kier alpha value is -1.01. The molecule has 96 valence electrons. The van der Waals surface area contributed by atoms with Crippen molar-refractivity contribution in [1.82, 2.24) is 0 Å². The number of hydrogen-bond acceptors (Lipinski definition) is 1. The molecule has 0 atom stereocenters. The van der Waals surface area contributed by atoms with E-state index in [1.54, 1.807) is 6.07 Å². The van der Waals surface area contributed by atoms with E-state index in [-0.39, 0.29) is 21.1 Å². The zero-order chi connectivity index (χ0) is 13.4. The van der Waals surface area contributed by atoms with Gasteiger partial charge >= 0.3 is 43.7 Å². The topological polar surface area (TPSA) is 75.1 Å². The summed E-state index contributed by atoms with van der Waals surface area (Å²) in [4.78, 5) is 0. The monoisotopic (exact) mass is 415 g/mol. The Labute approximate surface area is 122 Å². The Morgan fingerprint density at radius 1 is 1.00 bits per heavy atom. The van der Waals surface area contributed by atoms with Crippen molar-refractivity contribution in [2.45, 2.75) is 32.1 Å². The van der Waals surface area contributed by atoms with E-state index in [2.05, 4.69) is 42.7 Å². The molecule has 0 spiro atoms. The van der Waals surface area contributed by atoms with Gasteiger partial charge in [-0.1, -0.05) is 6.42 Å². The molecule has 1 saturated carbocycles.